The lowest BCUT2D eigenvalue weighted by molar-refractivity contribution is -0.145. The van der Waals surface area contributed by atoms with Crippen LogP contribution in [0.1, 0.15) is 22.7 Å². The highest BCUT2D eigenvalue weighted by atomic mass is 35.5. The van der Waals surface area contributed by atoms with E-state index in [0.29, 0.717) is 29.8 Å². The minimum atomic E-state index is -2.40. The van der Waals surface area contributed by atoms with E-state index in [2.05, 4.69) is 21.2 Å². The molecular weight excluding hydrogens is 449 g/mol. The molecule has 2 heterocycles. The summed E-state index contributed by atoms with van der Waals surface area (Å²) < 4.78 is 18.4. The van der Waals surface area contributed by atoms with Gasteiger partial charge in [-0.15, -0.1) is 0 Å². The zero-order chi connectivity index (χ0) is 23.3. The van der Waals surface area contributed by atoms with Gasteiger partial charge in [0.25, 0.3) is 23.4 Å². The number of nitrogens with zero attached hydrogens (tertiary/aromatic N) is 2. The van der Waals surface area contributed by atoms with Gasteiger partial charge in [-0.05, 0) is 19.4 Å². The molecule has 0 spiro atoms. The lowest BCUT2D eigenvalue weighted by Gasteiger charge is -2.29. The van der Waals surface area contributed by atoms with Crippen molar-refractivity contribution in [2.45, 2.75) is 50.7 Å². The second-order valence-corrected chi connectivity index (χ2v) is 14.5. The van der Waals surface area contributed by atoms with E-state index < -0.39 is 43.4 Å². The number of hydrazine groups is 1. The van der Waals surface area contributed by atoms with Gasteiger partial charge in [-0.3, -0.25) is 24.6 Å². The summed E-state index contributed by atoms with van der Waals surface area (Å²) in [6.45, 7) is 7.81. The number of aryl methyl sites for hydroxylation is 1. The Bertz CT molecular complexity index is 844. The molecule has 3 unspecified atom stereocenters. The van der Waals surface area contributed by atoms with E-state index >= 15 is 0 Å². The summed E-state index contributed by atoms with van der Waals surface area (Å²) in [5.41, 5.74) is -0.0555. The number of amides is 4. The van der Waals surface area contributed by atoms with Gasteiger partial charge >= 0.3 is 0 Å². The number of carbonyl (C=O) groups excluding carboxylic acids is 4. The maximum Gasteiger partial charge on any atom is 0.291 e. The van der Waals surface area contributed by atoms with Crippen molar-refractivity contribution >= 4 is 43.3 Å². The third-order valence-corrected chi connectivity index (χ3v) is 6.38. The van der Waals surface area contributed by atoms with Crippen LogP contribution in [0.4, 0.5) is 4.39 Å². The van der Waals surface area contributed by atoms with Gasteiger partial charge < -0.3 is 15.2 Å². The number of aromatic nitrogens is 1. The molecule has 13 heteroatoms. The molecule has 31 heavy (non-hydrogen) atoms. The predicted molar refractivity (Wildman–Crippen MR) is 112 cm³/mol. The highest BCUT2D eigenvalue weighted by Gasteiger charge is 2.35. The normalized spacial score (nSPS) is 18.1. The molecule has 1 aliphatic heterocycles. The first kappa shape index (κ1) is 24.8. The fraction of sp³-hybridized carbons (Fsp3) is 0.611. The maximum absolute atomic E-state index is 13.5. The Morgan fingerprint density at radius 2 is 2.10 bits per heavy atom. The number of carbonyl (C=O) groups is 4. The van der Waals surface area contributed by atoms with Gasteiger partial charge in [0.2, 0.25) is 5.91 Å². The van der Waals surface area contributed by atoms with Crippen LogP contribution < -0.4 is 16.1 Å². The van der Waals surface area contributed by atoms with E-state index in [9.17, 15) is 23.6 Å². The average Bonchev–Trinajstić information content (AvgIpc) is 3.27. The highest BCUT2D eigenvalue weighted by Crippen LogP contribution is 2.15. The summed E-state index contributed by atoms with van der Waals surface area (Å²) in [7, 11) is -1.88. The van der Waals surface area contributed by atoms with Gasteiger partial charge in [0.1, 0.15) is 11.8 Å². The molecule has 2 rings (SSSR count). The van der Waals surface area contributed by atoms with Crippen molar-refractivity contribution in [1.29, 1.82) is 0 Å². The summed E-state index contributed by atoms with van der Waals surface area (Å²) >= 11 is 5.29. The number of halogens is 2. The van der Waals surface area contributed by atoms with Crippen LogP contribution in [0.3, 0.4) is 0 Å². The zero-order valence-corrected chi connectivity index (χ0v) is 19.6. The van der Waals surface area contributed by atoms with Crippen LogP contribution in [-0.2, 0) is 14.4 Å². The van der Waals surface area contributed by atoms with E-state index in [-0.39, 0.29) is 18.1 Å². The minimum Gasteiger partial charge on any atom is -0.361 e. The van der Waals surface area contributed by atoms with E-state index in [1.807, 2.05) is 19.6 Å². The first-order valence-electron chi connectivity index (χ1n) is 9.79. The van der Waals surface area contributed by atoms with Crippen LogP contribution >= 0.6 is 11.6 Å². The van der Waals surface area contributed by atoms with E-state index in [4.69, 9.17) is 16.1 Å². The Labute approximate surface area is 185 Å². The van der Waals surface area contributed by atoms with Gasteiger partial charge in [-0.1, -0.05) is 36.4 Å². The molecular formula is C18H27ClFN5O5Si. The molecule has 0 bridgehead atoms. The molecule has 0 radical (unpaired) electrons. The molecule has 10 nitrogen and oxygen atoms in total. The summed E-state index contributed by atoms with van der Waals surface area (Å²) in [6, 6.07) is 0.749. The Balaban J connectivity index is 2.17. The topological polar surface area (TPSA) is 134 Å². The molecule has 1 aromatic heterocycles. The molecule has 1 aliphatic rings. The number of hydrogen-bond acceptors (Lipinski definition) is 6. The van der Waals surface area contributed by atoms with Crippen LogP contribution in [0.25, 0.3) is 0 Å². The monoisotopic (exact) mass is 475 g/mol. The molecule has 0 aliphatic carbocycles. The van der Waals surface area contributed by atoms with Gasteiger partial charge in [-0.2, -0.15) is 0 Å². The second-order valence-electron chi connectivity index (χ2n) is 8.62. The van der Waals surface area contributed by atoms with Crippen LogP contribution in [0.5, 0.6) is 0 Å². The summed E-state index contributed by atoms with van der Waals surface area (Å²) in [4.78, 5) is 49.5. The first-order valence-corrected chi connectivity index (χ1v) is 13.9. The van der Waals surface area contributed by atoms with Crippen LogP contribution in [0.2, 0.25) is 25.7 Å². The zero-order valence-electron chi connectivity index (χ0n) is 17.8. The first-order chi connectivity index (χ1) is 14.4. The lowest BCUT2D eigenvalue weighted by Crippen LogP contribution is -2.57. The van der Waals surface area contributed by atoms with Crippen molar-refractivity contribution in [1.82, 2.24) is 26.2 Å². The number of rotatable bonds is 8. The van der Waals surface area contributed by atoms with Gasteiger partial charge in [0.15, 0.2) is 5.69 Å². The maximum atomic E-state index is 13.5. The molecule has 3 atom stereocenters. The fourth-order valence-corrected chi connectivity index (χ4v) is 4.72. The van der Waals surface area contributed by atoms with Crippen LogP contribution in [0, 0.1) is 12.8 Å². The summed E-state index contributed by atoms with van der Waals surface area (Å²) in [5, 5.41) is 9.55. The third-order valence-electron chi connectivity index (χ3n) is 4.56. The van der Waals surface area contributed by atoms with E-state index in [1.165, 1.54) is 6.07 Å². The van der Waals surface area contributed by atoms with Crippen LogP contribution in [0.15, 0.2) is 10.6 Å². The summed E-state index contributed by atoms with van der Waals surface area (Å²) in [5.74, 6) is -3.02. The number of nitrogens with one attached hydrogen (secondary N) is 3. The second kappa shape index (κ2) is 10.2. The van der Waals surface area contributed by atoms with E-state index in [1.54, 1.807) is 6.92 Å². The molecule has 0 saturated carbocycles. The Hall–Kier alpha value is -2.47. The van der Waals surface area contributed by atoms with Crippen molar-refractivity contribution in [3.8, 4) is 0 Å². The Morgan fingerprint density at radius 3 is 2.58 bits per heavy atom. The molecule has 172 valence electrons. The quantitative estimate of drug-likeness (QED) is 0.291. The lowest BCUT2D eigenvalue weighted by atomic mass is 10.1. The van der Waals surface area contributed by atoms with Crippen molar-refractivity contribution in [2.24, 2.45) is 5.92 Å². The predicted octanol–water partition coefficient (Wildman–Crippen LogP) is 0.950. The Morgan fingerprint density at radius 1 is 1.42 bits per heavy atom. The number of hydrogen-bond donors (Lipinski definition) is 3. The standard InChI is InChI=1S/C18H27ClFN5O5Si/c1-10-7-12(24-30-10)16(27)22-13(9-31(2,3)4)17(28)23-25(18(29)14(19)20)8-11-5-6-21-15(11)26/h7,11,13-14H,5-6,8-9H2,1-4H3,(H,21,26)(H,22,27)(H,23,28). The van der Waals surface area contributed by atoms with Crippen molar-refractivity contribution in [2.75, 3.05) is 13.1 Å². The fourth-order valence-electron chi connectivity index (χ4n) is 3.09. The largest absolute Gasteiger partial charge is 0.361 e. The van der Waals surface area contributed by atoms with Crippen molar-refractivity contribution in [3.05, 3.63) is 17.5 Å². The average molecular weight is 476 g/mol. The van der Waals surface area contributed by atoms with Crippen LogP contribution in [-0.4, -0.2) is 66.6 Å². The molecule has 1 aromatic rings. The van der Waals surface area contributed by atoms with Gasteiger partial charge in [0, 0.05) is 20.7 Å². The van der Waals surface area contributed by atoms with Gasteiger partial charge in [0.05, 0.1) is 12.5 Å². The molecule has 0 aromatic carbocycles. The van der Waals surface area contributed by atoms with Gasteiger partial charge in [-0.25, -0.2) is 9.40 Å². The minimum absolute atomic E-state index is 0.00557. The Kier molecular flexibility index (Phi) is 8.18. The summed E-state index contributed by atoms with van der Waals surface area (Å²) in [6.07, 6.45) is 0.429. The molecule has 3 N–H and O–H groups in total. The third kappa shape index (κ3) is 7.31. The highest BCUT2D eigenvalue weighted by molar-refractivity contribution is 6.76. The van der Waals surface area contributed by atoms with E-state index in [0.717, 1.165) is 0 Å². The molecule has 4 amide bonds. The SMILES string of the molecule is Cc1cc(C(=O)NC(C[Si](C)(C)C)C(=O)NN(CC2CCNC2=O)C(=O)C(F)Cl)no1. The van der Waals surface area contributed by atoms with Crippen molar-refractivity contribution in [3.63, 3.8) is 0 Å². The van der Waals surface area contributed by atoms with Crippen molar-refractivity contribution < 1.29 is 28.1 Å². The molecule has 1 saturated heterocycles. The molecule has 1 fully saturated rings. The number of alkyl halides is 2. The smallest absolute Gasteiger partial charge is 0.291 e.